The number of hydrogen-bond acceptors (Lipinski definition) is 4. The fraction of sp³-hybridized carbons (Fsp3) is 0.429. The zero-order valence-corrected chi connectivity index (χ0v) is 17.7. The van der Waals surface area contributed by atoms with Gasteiger partial charge in [-0.3, -0.25) is 9.59 Å². The van der Waals surface area contributed by atoms with E-state index >= 15 is 0 Å². The third kappa shape index (κ3) is 4.94. The Morgan fingerprint density at radius 1 is 1.07 bits per heavy atom. The molecule has 7 nitrogen and oxygen atoms in total. The van der Waals surface area contributed by atoms with E-state index in [2.05, 4.69) is 5.32 Å². The molecule has 156 valence electrons. The zero-order chi connectivity index (χ0) is 21.0. The van der Waals surface area contributed by atoms with Crippen molar-refractivity contribution >= 4 is 21.6 Å². The van der Waals surface area contributed by atoms with Gasteiger partial charge in [0.1, 0.15) is 11.4 Å². The van der Waals surface area contributed by atoms with Crippen molar-refractivity contribution in [1.82, 2.24) is 8.87 Å². The predicted molar refractivity (Wildman–Crippen MR) is 112 cm³/mol. The Balaban J connectivity index is 1.81. The summed E-state index contributed by atoms with van der Waals surface area (Å²) in [6.07, 6.45) is 5.00. The number of pyridine rings is 1. The number of carbonyl (C=O) groups excluding carboxylic acids is 1. The molecular weight excluding hydrogens is 390 g/mol. The summed E-state index contributed by atoms with van der Waals surface area (Å²) in [5.41, 5.74) is 2.00. The standard InChI is InChI=1S/C21H27N3O4S/c1-16-9-10-18(17(2)14-16)22-20(25)15-23-11-7-8-19(21(23)26)29(27,28)24-12-5-3-4-6-13-24/h7-11,14H,3-6,12-13,15H2,1-2H3,(H,22,25). The second kappa shape index (κ2) is 8.92. The Hall–Kier alpha value is -2.45. The lowest BCUT2D eigenvalue weighted by Crippen LogP contribution is -2.37. The lowest BCUT2D eigenvalue weighted by atomic mass is 10.1. The van der Waals surface area contributed by atoms with Crippen molar-refractivity contribution in [3.63, 3.8) is 0 Å². The quantitative estimate of drug-likeness (QED) is 0.810. The summed E-state index contributed by atoms with van der Waals surface area (Å²) in [6.45, 7) is 4.45. The molecule has 2 heterocycles. The molecule has 1 saturated heterocycles. The molecule has 1 fully saturated rings. The highest BCUT2D eigenvalue weighted by Gasteiger charge is 2.28. The van der Waals surface area contributed by atoms with Gasteiger partial charge in [-0.2, -0.15) is 4.31 Å². The number of anilines is 1. The fourth-order valence-corrected chi connectivity index (χ4v) is 5.16. The van der Waals surface area contributed by atoms with Crippen LogP contribution in [0.4, 0.5) is 5.69 Å². The molecule has 3 rings (SSSR count). The maximum atomic E-state index is 13.0. The van der Waals surface area contributed by atoms with Crippen LogP contribution in [0.3, 0.4) is 0 Å². The Morgan fingerprint density at radius 3 is 2.41 bits per heavy atom. The lowest BCUT2D eigenvalue weighted by Gasteiger charge is -2.20. The maximum absolute atomic E-state index is 13.0. The molecule has 1 N–H and O–H groups in total. The minimum absolute atomic E-state index is 0.254. The first kappa shape index (κ1) is 21.3. The molecule has 1 aliphatic rings. The van der Waals surface area contributed by atoms with Gasteiger partial charge in [-0.05, 0) is 50.5 Å². The number of aryl methyl sites for hydroxylation is 2. The van der Waals surface area contributed by atoms with Crippen LogP contribution >= 0.6 is 0 Å². The van der Waals surface area contributed by atoms with Crippen LogP contribution in [0.25, 0.3) is 0 Å². The molecule has 1 aromatic heterocycles. The second-order valence-electron chi connectivity index (χ2n) is 7.49. The summed E-state index contributed by atoms with van der Waals surface area (Å²) < 4.78 is 28.5. The largest absolute Gasteiger partial charge is 0.324 e. The zero-order valence-electron chi connectivity index (χ0n) is 16.8. The van der Waals surface area contributed by atoms with Crippen LogP contribution in [0.1, 0.15) is 36.8 Å². The van der Waals surface area contributed by atoms with Crippen molar-refractivity contribution in [3.8, 4) is 0 Å². The molecule has 0 radical (unpaired) electrons. The van der Waals surface area contributed by atoms with E-state index < -0.39 is 15.6 Å². The number of nitrogens with zero attached hydrogens (tertiary/aromatic N) is 2. The van der Waals surface area contributed by atoms with Crippen LogP contribution in [-0.4, -0.2) is 36.3 Å². The summed E-state index contributed by atoms with van der Waals surface area (Å²) in [5, 5.41) is 2.78. The van der Waals surface area contributed by atoms with Crippen LogP contribution in [-0.2, 0) is 21.4 Å². The number of benzene rings is 1. The minimum atomic E-state index is -3.88. The first-order valence-electron chi connectivity index (χ1n) is 9.86. The highest BCUT2D eigenvalue weighted by atomic mass is 32.2. The Morgan fingerprint density at radius 2 is 1.76 bits per heavy atom. The predicted octanol–water partition coefficient (Wildman–Crippen LogP) is 2.67. The van der Waals surface area contributed by atoms with Gasteiger partial charge in [0, 0.05) is 25.0 Å². The molecular formula is C21H27N3O4S. The number of sulfonamides is 1. The van der Waals surface area contributed by atoms with Crippen molar-refractivity contribution in [2.45, 2.75) is 51.0 Å². The molecule has 8 heteroatoms. The van der Waals surface area contributed by atoms with Crippen LogP contribution in [0, 0.1) is 13.8 Å². The second-order valence-corrected chi connectivity index (χ2v) is 9.40. The van der Waals surface area contributed by atoms with Crippen molar-refractivity contribution < 1.29 is 13.2 Å². The SMILES string of the molecule is Cc1ccc(NC(=O)Cn2cccc(S(=O)(=O)N3CCCCCC3)c2=O)c(C)c1. The smallest absolute Gasteiger partial charge is 0.271 e. The highest BCUT2D eigenvalue weighted by Crippen LogP contribution is 2.18. The van der Waals surface area contributed by atoms with E-state index in [4.69, 9.17) is 0 Å². The molecule has 2 aromatic rings. The van der Waals surface area contributed by atoms with Gasteiger partial charge in [0.05, 0.1) is 0 Å². The summed E-state index contributed by atoms with van der Waals surface area (Å²) in [7, 11) is -3.88. The van der Waals surface area contributed by atoms with E-state index in [1.165, 1.54) is 22.6 Å². The third-order valence-corrected chi connectivity index (χ3v) is 7.05. The number of rotatable bonds is 5. The van der Waals surface area contributed by atoms with E-state index in [-0.39, 0.29) is 17.3 Å². The third-order valence-electron chi connectivity index (χ3n) is 5.14. The summed E-state index contributed by atoms with van der Waals surface area (Å²) >= 11 is 0. The molecule has 1 aromatic carbocycles. The van der Waals surface area contributed by atoms with Gasteiger partial charge in [0.2, 0.25) is 15.9 Å². The number of nitrogens with one attached hydrogen (secondary N) is 1. The molecule has 0 bridgehead atoms. The highest BCUT2D eigenvalue weighted by molar-refractivity contribution is 7.89. The first-order valence-corrected chi connectivity index (χ1v) is 11.3. The maximum Gasteiger partial charge on any atom is 0.271 e. The Labute approximate surface area is 171 Å². The van der Waals surface area contributed by atoms with Crippen LogP contribution in [0.15, 0.2) is 46.2 Å². The van der Waals surface area contributed by atoms with E-state index in [0.29, 0.717) is 18.8 Å². The van der Waals surface area contributed by atoms with Gasteiger partial charge in [0.25, 0.3) is 5.56 Å². The monoisotopic (exact) mass is 417 g/mol. The van der Waals surface area contributed by atoms with Crippen molar-refractivity contribution in [2.24, 2.45) is 0 Å². The summed E-state index contributed by atoms with van der Waals surface area (Å²) in [6, 6.07) is 8.47. The van der Waals surface area contributed by atoms with Gasteiger partial charge < -0.3 is 9.88 Å². The van der Waals surface area contributed by atoms with Gasteiger partial charge >= 0.3 is 0 Å². The van der Waals surface area contributed by atoms with Crippen molar-refractivity contribution in [3.05, 3.63) is 58.0 Å². The van der Waals surface area contributed by atoms with E-state index in [1.54, 1.807) is 0 Å². The van der Waals surface area contributed by atoms with Crippen molar-refractivity contribution in [1.29, 1.82) is 0 Å². The number of hydrogen-bond donors (Lipinski definition) is 1. The first-order chi connectivity index (χ1) is 13.8. The molecule has 0 unspecified atom stereocenters. The van der Waals surface area contributed by atoms with Crippen LogP contribution < -0.4 is 10.9 Å². The Kier molecular flexibility index (Phi) is 6.54. The van der Waals surface area contributed by atoms with Crippen LogP contribution in [0.5, 0.6) is 0 Å². The summed E-state index contributed by atoms with van der Waals surface area (Å²) in [4.78, 5) is 25.0. The van der Waals surface area contributed by atoms with Gasteiger partial charge in [-0.1, -0.05) is 30.5 Å². The van der Waals surface area contributed by atoms with E-state index in [1.807, 2.05) is 32.0 Å². The van der Waals surface area contributed by atoms with Crippen LogP contribution in [0.2, 0.25) is 0 Å². The number of carbonyl (C=O) groups is 1. The minimum Gasteiger partial charge on any atom is -0.324 e. The average Bonchev–Trinajstić information content (AvgIpc) is 2.96. The van der Waals surface area contributed by atoms with Gasteiger partial charge in [-0.15, -0.1) is 0 Å². The fourth-order valence-electron chi connectivity index (χ4n) is 3.56. The lowest BCUT2D eigenvalue weighted by molar-refractivity contribution is -0.116. The topological polar surface area (TPSA) is 88.5 Å². The molecule has 0 spiro atoms. The molecule has 1 amide bonds. The molecule has 0 saturated carbocycles. The normalized spacial score (nSPS) is 15.7. The molecule has 0 atom stereocenters. The van der Waals surface area contributed by atoms with E-state index in [9.17, 15) is 18.0 Å². The molecule has 0 aliphatic carbocycles. The Bertz CT molecular complexity index is 1050. The molecule has 1 aliphatic heterocycles. The number of aromatic nitrogens is 1. The van der Waals surface area contributed by atoms with Gasteiger partial charge in [0.15, 0.2) is 0 Å². The van der Waals surface area contributed by atoms with Crippen molar-refractivity contribution in [2.75, 3.05) is 18.4 Å². The average molecular weight is 418 g/mol. The van der Waals surface area contributed by atoms with Gasteiger partial charge in [-0.25, -0.2) is 8.42 Å². The molecule has 29 heavy (non-hydrogen) atoms. The number of amides is 1. The summed E-state index contributed by atoms with van der Waals surface area (Å²) in [5.74, 6) is -0.386. The van der Waals surface area contributed by atoms with E-state index in [0.717, 1.165) is 41.4 Å².